The van der Waals surface area contributed by atoms with Crippen molar-refractivity contribution in [2.24, 2.45) is 4.99 Å². The molecule has 8 heteroatoms. The van der Waals surface area contributed by atoms with Crippen LogP contribution in [0.5, 0.6) is 0 Å². The molecule has 0 bridgehead atoms. The first-order chi connectivity index (χ1) is 12.2. The first-order valence-corrected chi connectivity index (χ1v) is 10.7. The Labute approximate surface area is 157 Å². The summed E-state index contributed by atoms with van der Waals surface area (Å²) in [5.74, 6) is 1.77. The van der Waals surface area contributed by atoms with Gasteiger partial charge >= 0.3 is 0 Å². The summed E-state index contributed by atoms with van der Waals surface area (Å²) < 4.78 is 23.6. The number of nitrogens with one attached hydrogen (secondary N) is 2. The number of nitrogens with zero attached hydrogens (tertiary/aromatic N) is 3. The van der Waals surface area contributed by atoms with Gasteiger partial charge in [-0.15, -0.1) is 0 Å². The molecule has 0 radical (unpaired) electrons. The second-order valence-corrected chi connectivity index (χ2v) is 10.4. The monoisotopic (exact) mass is 381 g/mol. The smallest absolute Gasteiger partial charge is 0.191 e. The average Bonchev–Trinajstić information content (AvgIpc) is 2.61. The summed E-state index contributed by atoms with van der Waals surface area (Å²) in [7, 11) is -1.43. The van der Waals surface area contributed by atoms with E-state index >= 15 is 0 Å². The number of sulfone groups is 1. The van der Waals surface area contributed by atoms with E-state index in [0.29, 0.717) is 18.5 Å². The summed E-state index contributed by atoms with van der Waals surface area (Å²) in [6.07, 6.45) is 3.78. The predicted octanol–water partition coefficient (Wildman–Crippen LogP) is 1.43. The zero-order valence-corrected chi connectivity index (χ0v) is 17.0. The molecule has 1 aromatic heterocycles. The van der Waals surface area contributed by atoms with Gasteiger partial charge < -0.3 is 15.5 Å². The molecular formula is C18H31N5O2S. The van der Waals surface area contributed by atoms with Crippen LogP contribution in [0.25, 0.3) is 0 Å². The summed E-state index contributed by atoms with van der Waals surface area (Å²) in [5, 5.41) is 6.52. The predicted molar refractivity (Wildman–Crippen MR) is 108 cm³/mol. The van der Waals surface area contributed by atoms with Gasteiger partial charge in [0.1, 0.15) is 5.82 Å². The standard InChI is InChI=1S/C18H31N5O2S/c1-18(2,3)26(24,25)14-11-21-17(19-4)22-15-8-12-23(13-9-15)16-7-5-6-10-20-16/h5-7,10,15H,8-9,11-14H2,1-4H3,(H2,19,21,22). The molecule has 0 aliphatic carbocycles. The minimum atomic E-state index is -3.13. The van der Waals surface area contributed by atoms with Gasteiger partial charge in [0.25, 0.3) is 0 Å². The number of guanidine groups is 1. The number of anilines is 1. The van der Waals surface area contributed by atoms with E-state index in [-0.39, 0.29) is 5.75 Å². The maximum absolute atomic E-state index is 12.2. The fourth-order valence-electron chi connectivity index (χ4n) is 2.79. The SMILES string of the molecule is CN=C(NCCS(=O)(=O)C(C)(C)C)NC1CCN(c2ccccn2)CC1. The molecule has 26 heavy (non-hydrogen) atoms. The summed E-state index contributed by atoms with van der Waals surface area (Å²) >= 11 is 0. The van der Waals surface area contributed by atoms with Crippen LogP contribution >= 0.6 is 0 Å². The highest BCUT2D eigenvalue weighted by Gasteiger charge is 2.28. The van der Waals surface area contributed by atoms with Crippen molar-refractivity contribution in [3.05, 3.63) is 24.4 Å². The van der Waals surface area contributed by atoms with Gasteiger partial charge in [-0.25, -0.2) is 13.4 Å². The second kappa shape index (κ2) is 8.70. The Hall–Kier alpha value is -1.83. The third kappa shape index (κ3) is 5.59. The lowest BCUT2D eigenvalue weighted by molar-refractivity contribution is 0.460. The van der Waals surface area contributed by atoms with E-state index < -0.39 is 14.6 Å². The number of aromatic nitrogens is 1. The van der Waals surface area contributed by atoms with Crippen molar-refractivity contribution in [1.82, 2.24) is 15.6 Å². The lowest BCUT2D eigenvalue weighted by Gasteiger charge is -2.33. The van der Waals surface area contributed by atoms with E-state index in [1.807, 2.05) is 24.4 Å². The van der Waals surface area contributed by atoms with Gasteiger partial charge in [0.2, 0.25) is 0 Å². The highest BCUT2D eigenvalue weighted by molar-refractivity contribution is 7.92. The van der Waals surface area contributed by atoms with Crippen LogP contribution in [0.15, 0.2) is 29.4 Å². The summed E-state index contributed by atoms with van der Waals surface area (Å²) in [4.78, 5) is 10.9. The molecule has 0 spiro atoms. The molecule has 1 aliphatic heterocycles. The van der Waals surface area contributed by atoms with Gasteiger partial charge in [0.05, 0.1) is 10.5 Å². The molecule has 1 saturated heterocycles. The number of rotatable bonds is 5. The van der Waals surface area contributed by atoms with Crippen molar-refractivity contribution < 1.29 is 8.42 Å². The lowest BCUT2D eigenvalue weighted by Crippen LogP contribution is -2.49. The van der Waals surface area contributed by atoms with Gasteiger partial charge in [-0.1, -0.05) is 6.07 Å². The van der Waals surface area contributed by atoms with E-state index in [4.69, 9.17) is 0 Å². The Morgan fingerprint density at radius 3 is 2.54 bits per heavy atom. The highest BCUT2D eigenvalue weighted by Crippen LogP contribution is 2.17. The van der Waals surface area contributed by atoms with Crippen LogP contribution in [0.4, 0.5) is 5.82 Å². The molecule has 0 atom stereocenters. The molecule has 0 unspecified atom stereocenters. The second-order valence-electron chi connectivity index (χ2n) is 7.52. The summed E-state index contributed by atoms with van der Waals surface area (Å²) in [6, 6.07) is 6.28. The topological polar surface area (TPSA) is 86.7 Å². The molecule has 146 valence electrons. The van der Waals surface area contributed by atoms with Crippen LogP contribution < -0.4 is 15.5 Å². The molecular weight excluding hydrogens is 350 g/mol. The molecule has 0 amide bonds. The fourth-order valence-corrected chi connectivity index (χ4v) is 3.77. The number of piperidine rings is 1. The number of pyridine rings is 1. The van der Waals surface area contributed by atoms with Crippen molar-refractivity contribution >= 4 is 21.6 Å². The Morgan fingerprint density at radius 2 is 2.00 bits per heavy atom. The number of hydrogen-bond donors (Lipinski definition) is 2. The molecule has 1 aromatic rings. The zero-order chi connectivity index (χ0) is 19.2. The first kappa shape index (κ1) is 20.5. The van der Waals surface area contributed by atoms with E-state index in [9.17, 15) is 8.42 Å². The first-order valence-electron chi connectivity index (χ1n) is 9.08. The van der Waals surface area contributed by atoms with Crippen molar-refractivity contribution in [2.75, 3.05) is 37.3 Å². The third-order valence-corrected chi connectivity index (χ3v) is 7.24. The Balaban J connectivity index is 1.77. The molecule has 2 rings (SSSR count). The van der Waals surface area contributed by atoms with Gasteiger partial charge in [-0.05, 0) is 45.7 Å². The number of aliphatic imine (C=N–C) groups is 1. The van der Waals surface area contributed by atoms with Gasteiger partial charge in [-0.2, -0.15) is 0 Å². The average molecular weight is 382 g/mol. The van der Waals surface area contributed by atoms with Crippen molar-refractivity contribution in [3.63, 3.8) is 0 Å². The van der Waals surface area contributed by atoms with Gasteiger partial charge in [0.15, 0.2) is 15.8 Å². The van der Waals surface area contributed by atoms with Crippen molar-refractivity contribution in [2.45, 2.75) is 44.4 Å². The van der Waals surface area contributed by atoms with Gasteiger partial charge in [-0.3, -0.25) is 4.99 Å². The van der Waals surface area contributed by atoms with E-state index in [1.165, 1.54) is 0 Å². The fraction of sp³-hybridized carbons (Fsp3) is 0.667. The molecule has 7 nitrogen and oxygen atoms in total. The maximum atomic E-state index is 12.2. The quantitative estimate of drug-likeness (QED) is 0.593. The van der Waals surface area contributed by atoms with Crippen LogP contribution in [0.3, 0.4) is 0 Å². The van der Waals surface area contributed by atoms with E-state index in [2.05, 4.69) is 25.5 Å². The zero-order valence-electron chi connectivity index (χ0n) is 16.2. The van der Waals surface area contributed by atoms with Crippen LogP contribution in [-0.2, 0) is 9.84 Å². The molecule has 0 saturated carbocycles. The lowest BCUT2D eigenvalue weighted by atomic mass is 10.1. The van der Waals surface area contributed by atoms with Crippen LogP contribution in [0.2, 0.25) is 0 Å². The Bertz CT molecular complexity index is 690. The van der Waals surface area contributed by atoms with Crippen molar-refractivity contribution in [1.29, 1.82) is 0 Å². The minimum Gasteiger partial charge on any atom is -0.356 e. The molecule has 1 aliphatic rings. The van der Waals surface area contributed by atoms with Crippen LogP contribution in [0.1, 0.15) is 33.6 Å². The Morgan fingerprint density at radius 1 is 1.31 bits per heavy atom. The molecule has 2 N–H and O–H groups in total. The molecule has 1 fully saturated rings. The van der Waals surface area contributed by atoms with Crippen LogP contribution in [-0.4, -0.2) is 62.6 Å². The number of hydrogen-bond acceptors (Lipinski definition) is 5. The summed E-state index contributed by atoms with van der Waals surface area (Å²) in [6.45, 7) is 7.40. The summed E-state index contributed by atoms with van der Waals surface area (Å²) in [5.41, 5.74) is 0. The molecule has 0 aromatic carbocycles. The van der Waals surface area contributed by atoms with Crippen LogP contribution in [0, 0.1) is 0 Å². The van der Waals surface area contributed by atoms with Gasteiger partial charge in [0, 0.05) is 38.9 Å². The highest BCUT2D eigenvalue weighted by atomic mass is 32.2. The normalized spacial score (nSPS) is 17.2. The van der Waals surface area contributed by atoms with Crippen molar-refractivity contribution in [3.8, 4) is 0 Å². The molecule has 2 heterocycles. The largest absolute Gasteiger partial charge is 0.356 e. The maximum Gasteiger partial charge on any atom is 0.191 e. The minimum absolute atomic E-state index is 0.0926. The van der Waals surface area contributed by atoms with E-state index in [0.717, 1.165) is 31.7 Å². The third-order valence-electron chi connectivity index (χ3n) is 4.63. The van der Waals surface area contributed by atoms with E-state index in [1.54, 1.807) is 27.8 Å². The Kier molecular flexibility index (Phi) is 6.86.